The molecule has 1 aromatic heterocycles. The maximum Gasteiger partial charge on any atom is 0.251 e. The number of para-hydroxylation sites is 1. The van der Waals surface area contributed by atoms with Gasteiger partial charge in [0, 0.05) is 35.6 Å². The molecule has 5 rings (SSSR count). The molecule has 2 atom stereocenters. The normalized spacial score (nSPS) is 21.2. The molecule has 0 radical (unpaired) electrons. The van der Waals surface area contributed by atoms with Gasteiger partial charge in [0.05, 0.1) is 7.11 Å². The van der Waals surface area contributed by atoms with E-state index in [-0.39, 0.29) is 17.7 Å². The molecule has 2 aromatic carbocycles. The fourth-order valence-corrected chi connectivity index (χ4v) is 4.73. The predicted octanol–water partition coefficient (Wildman–Crippen LogP) is 2.96. The zero-order valence-corrected chi connectivity index (χ0v) is 16.3. The number of amides is 1. The summed E-state index contributed by atoms with van der Waals surface area (Å²) in [5, 5.41) is 12.2. The zero-order valence-electron chi connectivity index (χ0n) is 15.5. The van der Waals surface area contributed by atoms with Crippen LogP contribution in [0.1, 0.15) is 22.9 Å². The van der Waals surface area contributed by atoms with Gasteiger partial charge in [-0.25, -0.2) is 0 Å². The molecule has 0 bridgehead atoms. The second-order valence-electron chi connectivity index (χ2n) is 7.20. The van der Waals surface area contributed by atoms with E-state index in [1.54, 1.807) is 26.3 Å². The number of fused-ring (bicyclic) bond motifs is 4. The molecule has 0 unspecified atom stereocenters. The first kappa shape index (κ1) is 17.1. The van der Waals surface area contributed by atoms with E-state index in [2.05, 4.69) is 11.1 Å². The number of carbonyl (C=O) groups excluding carboxylic acids is 1. The van der Waals surface area contributed by atoms with E-state index in [9.17, 15) is 9.90 Å². The topological polar surface area (TPSA) is 68.8 Å². The van der Waals surface area contributed by atoms with Crippen LogP contribution < -0.4 is 4.74 Å². The fraction of sp³-hybridized carbons (Fsp3) is 0.238. The van der Waals surface area contributed by atoms with Crippen LogP contribution in [0.4, 0.5) is 0 Å². The molecule has 3 aromatic rings. The van der Waals surface area contributed by atoms with E-state index in [1.165, 1.54) is 4.90 Å². The third kappa shape index (κ3) is 2.19. The minimum absolute atomic E-state index is 0.0201. The maximum absolute atomic E-state index is 12.9. The first-order valence-corrected chi connectivity index (χ1v) is 9.48. The van der Waals surface area contributed by atoms with Crippen LogP contribution in [0.15, 0.2) is 42.5 Å². The van der Waals surface area contributed by atoms with Crippen molar-refractivity contribution < 1.29 is 14.6 Å². The molecule has 1 saturated heterocycles. The lowest BCUT2D eigenvalue weighted by molar-refractivity contribution is -0.127. The smallest absolute Gasteiger partial charge is 0.251 e. The minimum atomic E-state index is -0.405. The molecule has 7 heteroatoms. The van der Waals surface area contributed by atoms with Crippen molar-refractivity contribution in [3.8, 4) is 11.5 Å². The van der Waals surface area contributed by atoms with Gasteiger partial charge in [-0.2, -0.15) is 0 Å². The van der Waals surface area contributed by atoms with E-state index in [4.69, 9.17) is 17.0 Å². The number of phenols is 1. The highest BCUT2D eigenvalue weighted by atomic mass is 32.1. The lowest BCUT2D eigenvalue weighted by atomic mass is 9.88. The number of likely N-dealkylation sites (N-methyl/N-ethyl adjacent to an activating group) is 1. The van der Waals surface area contributed by atoms with Crippen molar-refractivity contribution in [1.29, 1.82) is 0 Å². The second-order valence-corrected chi connectivity index (χ2v) is 7.56. The predicted molar refractivity (Wildman–Crippen MR) is 109 cm³/mol. The Hall–Kier alpha value is -3.06. The van der Waals surface area contributed by atoms with Gasteiger partial charge in [0.2, 0.25) is 0 Å². The molecule has 0 spiro atoms. The summed E-state index contributed by atoms with van der Waals surface area (Å²) < 4.78 is 5.38. The lowest BCUT2D eigenvalue weighted by Gasteiger charge is -2.37. The van der Waals surface area contributed by atoms with Crippen molar-refractivity contribution >= 4 is 34.1 Å². The molecule has 0 aliphatic carbocycles. The Morgan fingerprint density at radius 3 is 2.82 bits per heavy atom. The van der Waals surface area contributed by atoms with Gasteiger partial charge in [0.15, 0.2) is 5.11 Å². The molecule has 1 fully saturated rings. The molecule has 0 saturated carbocycles. The monoisotopic (exact) mass is 393 g/mol. The summed E-state index contributed by atoms with van der Waals surface area (Å²) >= 11 is 5.61. The van der Waals surface area contributed by atoms with E-state index < -0.39 is 6.04 Å². The summed E-state index contributed by atoms with van der Waals surface area (Å²) in [5.74, 6) is 0.756. The van der Waals surface area contributed by atoms with E-state index in [0.717, 1.165) is 22.2 Å². The van der Waals surface area contributed by atoms with E-state index >= 15 is 0 Å². The van der Waals surface area contributed by atoms with Crippen molar-refractivity contribution in [3.05, 3.63) is 59.3 Å². The van der Waals surface area contributed by atoms with Gasteiger partial charge in [0.25, 0.3) is 5.91 Å². The Morgan fingerprint density at radius 1 is 1.25 bits per heavy atom. The van der Waals surface area contributed by atoms with Crippen LogP contribution in [0.2, 0.25) is 0 Å². The quantitative estimate of drug-likeness (QED) is 0.655. The highest BCUT2D eigenvalue weighted by molar-refractivity contribution is 7.80. The van der Waals surface area contributed by atoms with Gasteiger partial charge < -0.3 is 19.7 Å². The number of thiocarbonyl (C=S) groups is 1. The fourth-order valence-electron chi connectivity index (χ4n) is 4.41. The number of aromatic hydroxyl groups is 1. The lowest BCUT2D eigenvalue weighted by Crippen LogP contribution is -2.44. The Labute approximate surface area is 167 Å². The average molecular weight is 393 g/mol. The van der Waals surface area contributed by atoms with Crippen molar-refractivity contribution in [2.75, 3.05) is 14.2 Å². The molecule has 2 aliphatic heterocycles. The van der Waals surface area contributed by atoms with Crippen molar-refractivity contribution in [1.82, 2.24) is 14.8 Å². The van der Waals surface area contributed by atoms with Gasteiger partial charge in [-0.05, 0) is 42.0 Å². The van der Waals surface area contributed by atoms with Gasteiger partial charge in [0.1, 0.15) is 23.6 Å². The molecule has 6 nitrogen and oxygen atoms in total. The number of nitrogens with one attached hydrogen (secondary N) is 1. The average Bonchev–Trinajstić information content (AvgIpc) is 3.18. The number of methoxy groups -OCH3 is 1. The summed E-state index contributed by atoms with van der Waals surface area (Å²) in [4.78, 5) is 19.9. The largest absolute Gasteiger partial charge is 0.508 e. The van der Waals surface area contributed by atoms with Crippen LogP contribution in [0.5, 0.6) is 11.5 Å². The summed E-state index contributed by atoms with van der Waals surface area (Å²) in [7, 11) is 3.30. The second kappa shape index (κ2) is 5.97. The van der Waals surface area contributed by atoms with Gasteiger partial charge in [-0.1, -0.05) is 18.2 Å². The molecule has 28 heavy (non-hydrogen) atoms. The Bertz CT molecular complexity index is 1140. The molecular formula is C21H19N3O3S. The first-order valence-electron chi connectivity index (χ1n) is 9.07. The number of benzene rings is 2. The summed E-state index contributed by atoms with van der Waals surface area (Å²) in [6.45, 7) is 0. The van der Waals surface area contributed by atoms with E-state index in [1.807, 2.05) is 29.2 Å². The van der Waals surface area contributed by atoms with Gasteiger partial charge in [-0.3, -0.25) is 9.69 Å². The Kier molecular flexibility index (Phi) is 3.64. The first-order chi connectivity index (χ1) is 13.5. The standard InChI is InChI=1S/C21H19N3O3S/c1-23-20(26)16-10-13-12-5-3-4-6-15(12)22-18(13)19(24(16)21(23)28)14-9-11(27-2)7-8-17(14)25/h3-9,16,19,22,25H,10H2,1-2H3/t16-,19-/m1/s1. The SMILES string of the molecule is COc1ccc(O)c([C@@H]2c3[nH]c4ccccc4c3C[C@@H]3C(=O)N(C)C(=S)N23)c1. The summed E-state index contributed by atoms with van der Waals surface area (Å²) in [6, 6.07) is 12.4. The minimum Gasteiger partial charge on any atom is -0.508 e. The zero-order chi connectivity index (χ0) is 19.6. The molecule has 2 N–H and O–H groups in total. The number of nitrogens with zero attached hydrogens (tertiary/aromatic N) is 2. The number of rotatable bonds is 2. The van der Waals surface area contributed by atoms with Crippen LogP contribution in [0.25, 0.3) is 10.9 Å². The number of phenolic OH excluding ortho intramolecular Hbond substituents is 1. The Balaban J connectivity index is 1.80. The maximum atomic E-state index is 12.9. The molecule has 3 heterocycles. The molecular weight excluding hydrogens is 374 g/mol. The number of hydrogen-bond donors (Lipinski definition) is 2. The highest BCUT2D eigenvalue weighted by Crippen LogP contribution is 2.46. The third-order valence-corrected chi connectivity index (χ3v) is 6.27. The van der Waals surface area contributed by atoms with Crippen LogP contribution in [0, 0.1) is 0 Å². The summed E-state index contributed by atoms with van der Waals surface area (Å²) in [6.07, 6.45) is 0.573. The third-order valence-electron chi connectivity index (χ3n) is 5.78. The number of hydrogen-bond acceptors (Lipinski definition) is 4. The van der Waals surface area contributed by atoms with E-state index in [0.29, 0.717) is 22.8 Å². The summed E-state index contributed by atoms with van der Waals surface area (Å²) in [5.41, 5.74) is 3.71. The van der Waals surface area contributed by atoms with Crippen molar-refractivity contribution in [2.24, 2.45) is 0 Å². The number of H-pyrrole nitrogens is 1. The van der Waals surface area contributed by atoms with Crippen LogP contribution in [-0.2, 0) is 11.2 Å². The number of aromatic amines is 1. The molecule has 2 aliphatic rings. The molecule has 1 amide bonds. The van der Waals surface area contributed by atoms with Crippen LogP contribution in [-0.4, -0.2) is 51.1 Å². The number of aromatic nitrogens is 1. The Morgan fingerprint density at radius 2 is 2.04 bits per heavy atom. The molecule has 142 valence electrons. The number of carbonyl (C=O) groups is 1. The van der Waals surface area contributed by atoms with Crippen LogP contribution in [0.3, 0.4) is 0 Å². The van der Waals surface area contributed by atoms with Crippen LogP contribution >= 0.6 is 12.2 Å². The number of ether oxygens (including phenoxy) is 1. The highest BCUT2D eigenvalue weighted by Gasteiger charge is 2.49. The van der Waals surface area contributed by atoms with Crippen molar-refractivity contribution in [2.45, 2.75) is 18.5 Å². The van der Waals surface area contributed by atoms with Gasteiger partial charge >= 0.3 is 0 Å². The van der Waals surface area contributed by atoms with Crippen molar-refractivity contribution in [3.63, 3.8) is 0 Å². The van der Waals surface area contributed by atoms with Gasteiger partial charge in [-0.15, -0.1) is 0 Å².